The van der Waals surface area contributed by atoms with Crippen LogP contribution in [0.3, 0.4) is 0 Å². The van der Waals surface area contributed by atoms with Crippen molar-refractivity contribution in [2.24, 2.45) is 0 Å². The van der Waals surface area contributed by atoms with E-state index in [0.29, 0.717) is 50.6 Å². The second-order valence-corrected chi connectivity index (χ2v) is 5.87. The Kier molecular flexibility index (Phi) is 5.95. The van der Waals surface area contributed by atoms with Crippen LogP contribution in [-0.4, -0.2) is 50.3 Å². The van der Waals surface area contributed by atoms with E-state index >= 15 is 0 Å². The van der Waals surface area contributed by atoms with Gasteiger partial charge in [-0.15, -0.1) is 0 Å². The van der Waals surface area contributed by atoms with Crippen LogP contribution in [0.25, 0.3) is 0 Å². The number of hydrogen-bond donors (Lipinski definition) is 0. The number of furan rings is 1. The molecule has 0 radical (unpaired) electrons. The first kappa shape index (κ1) is 17.4. The molecule has 2 heterocycles. The van der Waals surface area contributed by atoms with E-state index in [4.69, 9.17) is 18.6 Å². The van der Waals surface area contributed by atoms with Crippen LogP contribution in [0.15, 0.2) is 47.1 Å². The largest absolute Gasteiger partial charge is 0.493 e. The van der Waals surface area contributed by atoms with Crippen LogP contribution in [0.2, 0.25) is 0 Å². The molecule has 1 aliphatic heterocycles. The zero-order valence-electron chi connectivity index (χ0n) is 14.3. The number of para-hydroxylation sites is 2. The number of hydrogen-bond acceptors (Lipinski definition) is 5. The Morgan fingerprint density at radius 2 is 2.08 bits per heavy atom. The van der Waals surface area contributed by atoms with Gasteiger partial charge in [0.1, 0.15) is 18.5 Å². The summed E-state index contributed by atoms with van der Waals surface area (Å²) in [5, 5.41) is 0. The molecule has 2 aromatic rings. The van der Waals surface area contributed by atoms with Crippen molar-refractivity contribution in [1.29, 1.82) is 0 Å². The molecule has 1 amide bonds. The second kappa shape index (κ2) is 8.58. The second-order valence-electron chi connectivity index (χ2n) is 5.87. The number of rotatable bonds is 7. The zero-order chi connectivity index (χ0) is 17.5. The van der Waals surface area contributed by atoms with Gasteiger partial charge in [0.25, 0.3) is 0 Å². The van der Waals surface area contributed by atoms with E-state index in [1.165, 1.54) is 0 Å². The third kappa shape index (κ3) is 4.76. The lowest BCUT2D eigenvalue weighted by Crippen LogP contribution is -2.47. The lowest BCUT2D eigenvalue weighted by molar-refractivity contribution is -0.139. The summed E-state index contributed by atoms with van der Waals surface area (Å²) in [5.41, 5.74) is 0. The summed E-state index contributed by atoms with van der Waals surface area (Å²) in [5.74, 6) is 2.30. The lowest BCUT2D eigenvalue weighted by atomic mass is 10.2. The van der Waals surface area contributed by atoms with E-state index in [-0.39, 0.29) is 12.0 Å². The Hall–Kier alpha value is -2.47. The van der Waals surface area contributed by atoms with Gasteiger partial charge in [-0.1, -0.05) is 12.1 Å². The highest BCUT2D eigenvalue weighted by molar-refractivity contribution is 5.76. The molecule has 1 aromatic carbocycles. The van der Waals surface area contributed by atoms with Crippen molar-refractivity contribution < 1.29 is 23.4 Å². The Bertz CT molecular complexity index is 670. The Morgan fingerprint density at radius 1 is 1.24 bits per heavy atom. The maximum Gasteiger partial charge on any atom is 0.223 e. The molecule has 1 atom stereocenters. The summed E-state index contributed by atoms with van der Waals surface area (Å²) in [6, 6.07) is 11.2. The van der Waals surface area contributed by atoms with Crippen molar-refractivity contribution in [3.63, 3.8) is 0 Å². The van der Waals surface area contributed by atoms with Gasteiger partial charge in [-0.25, -0.2) is 0 Å². The normalized spacial score (nSPS) is 17.3. The minimum atomic E-state index is -0.147. The molecule has 0 N–H and O–H groups in total. The standard InChI is InChI=1S/C19H23NO5/c1-22-17-6-2-3-7-18(17)25-14-16-13-20(10-12-24-16)19(21)9-8-15-5-4-11-23-15/h2-7,11,16H,8-10,12-14H2,1H3. The van der Waals surface area contributed by atoms with E-state index in [1.807, 2.05) is 41.3 Å². The Morgan fingerprint density at radius 3 is 2.84 bits per heavy atom. The molecule has 0 aliphatic carbocycles. The zero-order valence-corrected chi connectivity index (χ0v) is 14.3. The SMILES string of the molecule is COc1ccccc1OCC1CN(C(=O)CCc2ccco2)CCO1. The Labute approximate surface area is 147 Å². The molecule has 134 valence electrons. The number of benzene rings is 1. The molecule has 1 unspecified atom stereocenters. The molecule has 0 bridgehead atoms. The van der Waals surface area contributed by atoms with Gasteiger partial charge in [0.15, 0.2) is 11.5 Å². The predicted molar refractivity (Wildman–Crippen MR) is 91.8 cm³/mol. The summed E-state index contributed by atoms with van der Waals surface area (Å²) in [6.45, 7) is 2.04. The third-order valence-corrected chi connectivity index (χ3v) is 4.15. The first-order valence-electron chi connectivity index (χ1n) is 8.44. The highest BCUT2D eigenvalue weighted by Gasteiger charge is 2.25. The van der Waals surface area contributed by atoms with E-state index in [2.05, 4.69) is 0 Å². The molecule has 0 spiro atoms. The lowest BCUT2D eigenvalue weighted by Gasteiger charge is -2.33. The smallest absolute Gasteiger partial charge is 0.223 e. The van der Waals surface area contributed by atoms with Gasteiger partial charge in [-0.2, -0.15) is 0 Å². The first-order chi connectivity index (χ1) is 12.3. The van der Waals surface area contributed by atoms with Gasteiger partial charge in [0, 0.05) is 19.4 Å². The fourth-order valence-corrected chi connectivity index (χ4v) is 2.81. The van der Waals surface area contributed by atoms with Crippen LogP contribution >= 0.6 is 0 Å². The van der Waals surface area contributed by atoms with Gasteiger partial charge in [0.2, 0.25) is 5.91 Å². The number of amides is 1. The number of carbonyl (C=O) groups is 1. The summed E-state index contributed by atoms with van der Waals surface area (Å²) in [4.78, 5) is 14.2. The number of aryl methyl sites for hydroxylation is 1. The van der Waals surface area contributed by atoms with Crippen LogP contribution in [0.5, 0.6) is 11.5 Å². The van der Waals surface area contributed by atoms with Crippen LogP contribution < -0.4 is 9.47 Å². The molecule has 1 aliphatic rings. The number of morpholine rings is 1. The highest BCUT2D eigenvalue weighted by Crippen LogP contribution is 2.26. The number of carbonyl (C=O) groups excluding carboxylic acids is 1. The maximum atomic E-state index is 12.4. The van der Waals surface area contributed by atoms with Crippen molar-refractivity contribution in [2.75, 3.05) is 33.4 Å². The number of methoxy groups -OCH3 is 1. The molecule has 6 nitrogen and oxygen atoms in total. The van der Waals surface area contributed by atoms with Crippen molar-refractivity contribution in [3.05, 3.63) is 48.4 Å². The topological polar surface area (TPSA) is 61.1 Å². The van der Waals surface area contributed by atoms with E-state index < -0.39 is 0 Å². The van der Waals surface area contributed by atoms with Gasteiger partial charge in [-0.05, 0) is 24.3 Å². The molecule has 3 rings (SSSR count). The van der Waals surface area contributed by atoms with E-state index in [9.17, 15) is 4.79 Å². The molecule has 0 saturated carbocycles. The first-order valence-corrected chi connectivity index (χ1v) is 8.44. The minimum Gasteiger partial charge on any atom is -0.493 e. The van der Waals surface area contributed by atoms with E-state index in [0.717, 1.165) is 5.76 Å². The summed E-state index contributed by atoms with van der Waals surface area (Å²) < 4.78 is 22.1. The summed E-state index contributed by atoms with van der Waals surface area (Å²) in [6.07, 6.45) is 2.53. The fourth-order valence-electron chi connectivity index (χ4n) is 2.81. The molecule has 1 fully saturated rings. The fraction of sp³-hybridized carbons (Fsp3) is 0.421. The Balaban J connectivity index is 1.48. The monoisotopic (exact) mass is 345 g/mol. The van der Waals surface area contributed by atoms with E-state index in [1.54, 1.807) is 13.4 Å². The minimum absolute atomic E-state index is 0.113. The highest BCUT2D eigenvalue weighted by atomic mass is 16.5. The number of ether oxygens (including phenoxy) is 3. The average Bonchev–Trinajstić information content (AvgIpc) is 3.18. The molecule has 6 heteroatoms. The van der Waals surface area contributed by atoms with Gasteiger partial charge in [0.05, 0.1) is 26.5 Å². The van der Waals surface area contributed by atoms with Crippen molar-refractivity contribution in [2.45, 2.75) is 18.9 Å². The van der Waals surface area contributed by atoms with Crippen LogP contribution in [-0.2, 0) is 16.0 Å². The van der Waals surface area contributed by atoms with Gasteiger partial charge >= 0.3 is 0 Å². The van der Waals surface area contributed by atoms with Crippen LogP contribution in [0, 0.1) is 0 Å². The van der Waals surface area contributed by atoms with Gasteiger partial charge in [-0.3, -0.25) is 4.79 Å². The van der Waals surface area contributed by atoms with Crippen molar-refractivity contribution >= 4 is 5.91 Å². The molecule has 1 aromatic heterocycles. The average molecular weight is 345 g/mol. The van der Waals surface area contributed by atoms with Crippen molar-refractivity contribution in [1.82, 2.24) is 4.90 Å². The number of nitrogens with zero attached hydrogens (tertiary/aromatic N) is 1. The summed E-state index contributed by atoms with van der Waals surface area (Å²) >= 11 is 0. The predicted octanol–water partition coefficient (Wildman–Crippen LogP) is 2.53. The molecule has 25 heavy (non-hydrogen) atoms. The van der Waals surface area contributed by atoms with Gasteiger partial charge < -0.3 is 23.5 Å². The van der Waals surface area contributed by atoms with Crippen LogP contribution in [0.4, 0.5) is 0 Å². The quantitative estimate of drug-likeness (QED) is 0.772. The molecule has 1 saturated heterocycles. The maximum absolute atomic E-state index is 12.4. The third-order valence-electron chi connectivity index (χ3n) is 4.15. The summed E-state index contributed by atoms with van der Waals surface area (Å²) in [7, 11) is 1.61. The molecular formula is C19H23NO5. The van der Waals surface area contributed by atoms with Crippen molar-refractivity contribution in [3.8, 4) is 11.5 Å². The van der Waals surface area contributed by atoms with Crippen LogP contribution in [0.1, 0.15) is 12.2 Å². The molecular weight excluding hydrogens is 322 g/mol.